The zero-order valence-electron chi connectivity index (χ0n) is 13.1. The van der Waals surface area contributed by atoms with Gasteiger partial charge in [0.2, 0.25) is 0 Å². The number of amides is 1. The maximum Gasteiger partial charge on any atom is 0.251 e. The summed E-state index contributed by atoms with van der Waals surface area (Å²) in [7, 11) is 0. The fourth-order valence-electron chi connectivity index (χ4n) is 2.54. The normalized spacial score (nSPS) is 17.6. The Morgan fingerprint density at radius 3 is 2.45 bits per heavy atom. The summed E-state index contributed by atoms with van der Waals surface area (Å²) in [5.74, 6) is -0.295. The highest BCUT2D eigenvalue weighted by atomic mass is 35.5. The van der Waals surface area contributed by atoms with E-state index in [4.69, 9.17) is 15.2 Å². The number of hydrogen-bond donors (Lipinski definition) is 2. The van der Waals surface area contributed by atoms with E-state index in [1.54, 1.807) is 12.1 Å². The van der Waals surface area contributed by atoms with Gasteiger partial charge in [0.15, 0.2) is 5.79 Å². The van der Waals surface area contributed by atoms with Crippen molar-refractivity contribution in [3.05, 3.63) is 35.4 Å². The second kappa shape index (κ2) is 8.48. The molecule has 3 N–H and O–H groups in total. The quantitative estimate of drug-likeness (QED) is 0.838. The lowest BCUT2D eigenvalue weighted by Gasteiger charge is -2.26. The fraction of sp³-hybridized carbons (Fsp3) is 0.562. The Morgan fingerprint density at radius 1 is 1.32 bits per heavy atom. The summed E-state index contributed by atoms with van der Waals surface area (Å²) in [4.78, 5) is 12.1. The molecule has 0 radical (unpaired) electrons. The molecular weight excluding hydrogens is 304 g/mol. The molecule has 1 amide bonds. The van der Waals surface area contributed by atoms with Crippen LogP contribution in [-0.4, -0.2) is 31.5 Å². The van der Waals surface area contributed by atoms with Crippen LogP contribution in [0.4, 0.5) is 0 Å². The number of halogens is 1. The minimum Gasteiger partial charge on any atom is -0.352 e. The van der Waals surface area contributed by atoms with Crippen LogP contribution in [0.2, 0.25) is 0 Å². The van der Waals surface area contributed by atoms with Crippen LogP contribution < -0.4 is 11.1 Å². The molecular formula is C16H25ClN2O3. The third-order valence-electron chi connectivity index (χ3n) is 3.68. The van der Waals surface area contributed by atoms with Crippen LogP contribution in [0.3, 0.4) is 0 Å². The summed E-state index contributed by atoms with van der Waals surface area (Å²) in [6.07, 6.45) is 0.763. The van der Waals surface area contributed by atoms with E-state index < -0.39 is 5.79 Å². The van der Waals surface area contributed by atoms with Crippen molar-refractivity contribution in [1.82, 2.24) is 5.32 Å². The number of hydrogen-bond acceptors (Lipinski definition) is 4. The molecule has 0 aromatic heterocycles. The van der Waals surface area contributed by atoms with Gasteiger partial charge in [-0.2, -0.15) is 0 Å². The van der Waals surface area contributed by atoms with Crippen LogP contribution in [0.1, 0.15) is 36.2 Å². The molecule has 124 valence electrons. The van der Waals surface area contributed by atoms with Crippen LogP contribution >= 0.6 is 12.4 Å². The summed E-state index contributed by atoms with van der Waals surface area (Å²) in [5, 5.41) is 2.95. The van der Waals surface area contributed by atoms with Crippen LogP contribution in [0.25, 0.3) is 0 Å². The van der Waals surface area contributed by atoms with E-state index in [9.17, 15) is 4.79 Å². The molecule has 5 nitrogen and oxygen atoms in total. The van der Waals surface area contributed by atoms with E-state index in [0.29, 0.717) is 31.9 Å². The minimum absolute atomic E-state index is 0. The van der Waals surface area contributed by atoms with Gasteiger partial charge in [-0.05, 0) is 30.5 Å². The number of nitrogens with two attached hydrogens (primary N) is 1. The number of carbonyl (C=O) groups is 1. The van der Waals surface area contributed by atoms with Crippen LogP contribution in [-0.2, 0) is 16.0 Å². The Morgan fingerprint density at radius 2 is 1.91 bits per heavy atom. The van der Waals surface area contributed by atoms with Crippen molar-refractivity contribution in [3.63, 3.8) is 0 Å². The van der Waals surface area contributed by atoms with Crippen molar-refractivity contribution in [2.75, 3.05) is 19.8 Å². The maximum atomic E-state index is 12.1. The van der Waals surface area contributed by atoms with Crippen LogP contribution in [0, 0.1) is 5.92 Å². The molecule has 1 aromatic carbocycles. The lowest BCUT2D eigenvalue weighted by atomic mass is 10.0. The Balaban J connectivity index is 0.00000242. The number of nitrogens with one attached hydrogen (secondary N) is 1. The Bertz CT molecular complexity index is 473. The predicted molar refractivity (Wildman–Crippen MR) is 88.0 cm³/mol. The van der Waals surface area contributed by atoms with E-state index in [0.717, 1.165) is 12.0 Å². The van der Waals surface area contributed by atoms with Gasteiger partial charge in [0.05, 0.1) is 13.2 Å². The second-order valence-corrected chi connectivity index (χ2v) is 5.75. The van der Waals surface area contributed by atoms with Crippen molar-refractivity contribution in [2.45, 2.75) is 32.6 Å². The van der Waals surface area contributed by atoms with Crippen LogP contribution in [0.15, 0.2) is 24.3 Å². The Labute approximate surface area is 138 Å². The number of rotatable bonds is 6. The fourth-order valence-corrected chi connectivity index (χ4v) is 2.54. The van der Waals surface area contributed by atoms with Gasteiger partial charge in [-0.15, -0.1) is 12.4 Å². The number of ether oxygens (including phenoxy) is 2. The zero-order chi connectivity index (χ0) is 15.3. The summed E-state index contributed by atoms with van der Waals surface area (Å²) >= 11 is 0. The molecule has 1 unspecified atom stereocenters. The maximum absolute atomic E-state index is 12.1. The largest absolute Gasteiger partial charge is 0.352 e. The smallest absolute Gasteiger partial charge is 0.251 e. The van der Waals surface area contributed by atoms with Crippen molar-refractivity contribution in [2.24, 2.45) is 11.7 Å². The average molecular weight is 329 g/mol. The molecule has 2 rings (SSSR count). The third kappa shape index (κ3) is 5.25. The first-order valence-corrected chi connectivity index (χ1v) is 7.37. The lowest BCUT2D eigenvalue weighted by Crippen LogP contribution is -2.34. The van der Waals surface area contributed by atoms with E-state index in [1.807, 2.05) is 19.1 Å². The molecule has 1 aromatic rings. The van der Waals surface area contributed by atoms with Crippen molar-refractivity contribution < 1.29 is 14.3 Å². The summed E-state index contributed by atoms with van der Waals surface area (Å²) in [5.41, 5.74) is 7.21. The van der Waals surface area contributed by atoms with Gasteiger partial charge in [-0.25, -0.2) is 0 Å². The Hall–Kier alpha value is -1.14. The highest BCUT2D eigenvalue weighted by Crippen LogP contribution is 2.26. The van der Waals surface area contributed by atoms with Gasteiger partial charge in [0.25, 0.3) is 5.91 Å². The number of carbonyl (C=O) groups excluding carboxylic acids is 1. The SMILES string of the molecule is CC(CNC(=O)c1ccc(CN)cc1)CC1(C)OCCO1.Cl. The second-order valence-electron chi connectivity index (χ2n) is 5.75. The molecule has 1 atom stereocenters. The molecule has 1 heterocycles. The highest BCUT2D eigenvalue weighted by molar-refractivity contribution is 5.94. The lowest BCUT2D eigenvalue weighted by molar-refractivity contribution is -0.153. The molecule has 1 aliphatic rings. The molecule has 0 bridgehead atoms. The van der Waals surface area contributed by atoms with Crippen LogP contribution in [0.5, 0.6) is 0 Å². The van der Waals surface area contributed by atoms with Crippen molar-refractivity contribution in [1.29, 1.82) is 0 Å². The first kappa shape index (κ1) is 18.9. The predicted octanol–water partition coefficient (Wildman–Crippen LogP) is 2.09. The standard InChI is InChI=1S/C16H24N2O3.ClH/c1-12(9-16(2)20-7-8-21-16)11-18-15(19)14-5-3-13(10-17)4-6-14;/h3-6,12H,7-11,17H2,1-2H3,(H,18,19);1H. The van der Waals surface area contributed by atoms with E-state index >= 15 is 0 Å². The van der Waals surface area contributed by atoms with E-state index in [1.165, 1.54) is 0 Å². The monoisotopic (exact) mass is 328 g/mol. The van der Waals surface area contributed by atoms with Crippen molar-refractivity contribution >= 4 is 18.3 Å². The molecule has 0 aliphatic carbocycles. The van der Waals surface area contributed by atoms with Gasteiger partial charge in [0.1, 0.15) is 0 Å². The van der Waals surface area contributed by atoms with Gasteiger partial charge < -0.3 is 20.5 Å². The van der Waals surface area contributed by atoms with E-state index in [-0.39, 0.29) is 24.2 Å². The zero-order valence-corrected chi connectivity index (χ0v) is 13.9. The highest BCUT2D eigenvalue weighted by Gasteiger charge is 2.32. The third-order valence-corrected chi connectivity index (χ3v) is 3.68. The van der Waals surface area contributed by atoms with Gasteiger partial charge in [-0.3, -0.25) is 4.79 Å². The molecule has 1 aliphatic heterocycles. The molecule has 0 spiro atoms. The minimum atomic E-state index is -0.507. The summed E-state index contributed by atoms with van der Waals surface area (Å²) in [6.45, 7) is 6.39. The summed E-state index contributed by atoms with van der Waals surface area (Å²) < 4.78 is 11.2. The molecule has 1 fully saturated rings. The first-order valence-electron chi connectivity index (χ1n) is 7.37. The van der Waals surface area contributed by atoms with Gasteiger partial charge in [0, 0.05) is 25.1 Å². The molecule has 1 saturated heterocycles. The Kier molecular flexibility index (Phi) is 7.29. The molecule has 22 heavy (non-hydrogen) atoms. The molecule has 6 heteroatoms. The van der Waals surface area contributed by atoms with E-state index in [2.05, 4.69) is 12.2 Å². The topological polar surface area (TPSA) is 73.6 Å². The molecule has 0 saturated carbocycles. The summed E-state index contributed by atoms with van der Waals surface area (Å²) in [6, 6.07) is 7.35. The first-order chi connectivity index (χ1) is 10.0. The van der Waals surface area contributed by atoms with Crippen molar-refractivity contribution in [3.8, 4) is 0 Å². The average Bonchev–Trinajstić information content (AvgIpc) is 2.91. The van der Waals surface area contributed by atoms with Gasteiger partial charge in [-0.1, -0.05) is 19.1 Å². The number of benzene rings is 1. The van der Waals surface area contributed by atoms with Gasteiger partial charge >= 0.3 is 0 Å².